The second kappa shape index (κ2) is 22.0. The van der Waals surface area contributed by atoms with Crippen LogP contribution in [0.2, 0.25) is 0 Å². The number of rotatable bonds is 20. The van der Waals surface area contributed by atoms with E-state index in [1.165, 1.54) is 140 Å². The van der Waals surface area contributed by atoms with E-state index in [9.17, 15) is 9.59 Å². The predicted molar refractivity (Wildman–Crippen MR) is 214 cm³/mol. The fourth-order valence-corrected chi connectivity index (χ4v) is 8.72. The SMILES string of the molecule is CCCCCCCC1CCC(c2ccc(C(=O)OC[C@H](OC(=O)c3ccc(C4CCC(CCCCCCC)CC4)cc3)c3ccccc3)cc2)CC1. The Labute approximate surface area is 315 Å². The van der Waals surface area contributed by atoms with Gasteiger partial charge < -0.3 is 9.47 Å². The van der Waals surface area contributed by atoms with Gasteiger partial charge >= 0.3 is 11.9 Å². The molecule has 0 unspecified atom stereocenters. The number of ether oxygens (including phenoxy) is 2. The lowest BCUT2D eigenvalue weighted by atomic mass is 9.77. The Morgan fingerprint density at radius 1 is 0.538 bits per heavy atom. The second-order valence-corrected chi connectivity index (χ2v) is 16.0. The Hall–Kier alpha value is -3.40. The first-order valence-corrected chi connectivity index (χ1v) is 21.2. The Morgan fingerprint density at radius 2 is 0.981 bits per heavy atom. The molecule has 0 bridgehead atoms. The van der Waals surface area contributed by atoms with Crippen molar-refractivity contribution in [2.24, 2.45) is 11.8 Å². The summed E-state index contributed by atoms with van der Waals surface area (Å²) in [4.78, 5) is 26.5. The molecule has 2 saturated carbocycles. The Kier molecular flexibility index (Phi) is 16.8. The molecule has 0 aliphatic heterocycles. The molecule has 4 nitrogen and oxygen atoms in total. The monoisotopic (exact) mass is 706 g/mol. The van der Waals surface area contributed by atoms with E-state index in [-0.39, 0.29) is 6.61 Å². The molecule has 1 atom stereocenters. The maximum absolute atomic E-state index is 13.4. The summed E-state index contributed by atoms with van der Waals surface area (Å²) in [5.74, 6) is 2.09. The third kappa shape index (κ3) is 12.6. The molecule has 5 rings (SSSR count). The van der Waals surface area contributed by atoms with Gasteiger partial charge in [0, 0.05) is 0 Å². The van der Waals surface area contributed by atoms with Crippen molar-refractivity contribution >= 4 is 11.9 Å². The second-order valence-electron chi connectivity index (χ2n) is 16.0. The number of hydrogen-bond acceptors (Lipinski definition) is 4. The number of carbonyl (C=O) groups is 2. The molecule has 4 heteroatoms. The molecule has 2 aliphatic carbocycles. The first-order chi connectivity index (χ1) is 25.5. The van der Waals surface area contributed by atoms with E-state index >= 15 is 0 Å². The summed E-state index contributed by atoms with van der Waals surface area (Å²) in [6, 6.07) is 25.6. The van der Waals surface area contributed by atoms with Gasteiger partial charge in [-0.1, -0.05) is 145 Å². The first-order valence-electron chi connectivity index (χ1n) is 21.2. The predicted octanol–water partition coefficient (Wildman–Crippen LogP) is 13.7. The van der Waals surface area contributed by atoms with E-state index in [1.807, 2.05) is 54.6 Å². The quantitative estimate of drug-likeness (QED) is 0.0867. The maximum atomic E-state index is 13.4. The van der Waals surface area contributed by atoms with Gasteiger partial charge in [0.15, 0.2) is 6.10 Å². The van der Waals surface area contributed by atoms with Crippen LogP contribution in [-0.2, 0) is 9.47 Å². The van der Waals surface area contributed by atoms with Crippen LogP contribution < -0.4 is 0 Å². The van der Waals surface area contributed by atoms with Crippen molar-refractivity contribution in [3.8, 4) is 0 Å². The first kappa shape index (κ1) is 39.8. The van der Waals surface area contributed by atoms with Crippen molar-refractivity contribution in [3.63, 3.8) is 0 Å². The van der Waals surface area contributed by atoms with Crippen LogP contribution >= 0.6 is 0 Å². The molecule has 282 valence electrons. The zero-order chi connectivity index (χ0) is 36.4. The molecule has 3 aromatic carbocycles. The minimum atomic E-state index is -0.698. The molecule has 3 aromatic rings. The lowest BCUT2D eigenvalue weighted by Gasteiger charge is -2.29. The maximum Gasteiger partial charge on any atom is 0.338 e. The fraction of sp³-hybridized carbons (Fsp3) is 0.583. The number of carbonyl (C=O) groups excluding carboxylic acids is 2. The van der Waals surface area contributed by atoms with Crippen LogP contribution in [0.25, 0.3) is 0 Å². The number of hydrogen-bond donors (Lipinski definition) is 0. The van der Waals surface area contributed by atoms with Crippen molar-refractivity contribution in [1.29, 1.82) is 0 Å². The van der Waals surface area contributed by atoms with E-state index in [0.29, 0.717) is 23.0 Å². The lowest BCUT2D eigenvalue weighted by Crippen LogP contribution is -2.19. The summed E-state index contributed by atoms with van der Waals surface area (Å²) in [6.07, 6.45) is 25.9. The number of benzene rings is 3. The molecule has 0 N–H and O–H groups in total. The molecule has 0 amide bonds. The summed E-state index contributed by atoms with van der Waals surface area (Å²) in [6.45, 7) is 4.51. The molecule has 0 saturated heterocycles. The Bertz CT molecular complexity index is 1430. The van der Waals surface area contributed by atoms with E-state index in [4.69, 9.17) is 9.47 Å². The highest BCUT2D eigenvalue weighted by Crippen LogP contribution is 2.39. The average molecular weight is 707 g/mol. The van der Waals surface area contributed by atoms with Gasteiger partial charge in [0.1, 0.15) is 6.61 Å². The molecule has 2 fully saturated rings. The molecule has 2 aliphatic rings. The van der Waals surface area contributed by atoms with Crippen LogP contribution in [0.15, 0.2) is 78.9 Å². The minimum absolute atomic E-state index is 0.0429. The van der Waals surface area contributed by atoms with Crippen LogP contribution in [0.1, 0.15) is 198 Å². The van der Waals surface area contributed by atoms with E-state index in [0.717, 1.165) is 17.4 Å². The summed E-state index contributed by atoms with van der Waals surface area (Å²) in [5.41, 5.74) is 4.49. The molecule has 52 heavy (non-hydrogen) atoms. The molecule has 0 heterocycles. The van der Waals surface area contributed by atoms with Crippen LogP contribution in [0, 0.1) is 11.8 Å². The van der Waals surface area contributed by atoms with Crippen molar-refractivity contribution in [3.05, 3.63) is 107 Å². The van der Waals surface area contributed by atoms with Gasteiger partial charge in [0.2, 0.25) is 0 Å². The van der Waals surface area contributed by atoms with Crippen LogP contribution in [0.4, 0.5) is 0 Å². The van der Waals surface area contributed by atoms with Gasteiger partial charge in [-0.2, -0.15) is 0 Å². The average Bonchev–Trinajstić information content (AvgIpc) is 3.20. The van der Waals surface area contributed by atoms with E-state index in [2.05, 4.69) is 38.1 Å². The molecular weight excluding hydrogens is 641 g/mol. The topological polar surface area (TPSA) is 52.6 Å². The lowest BCUT2D eigenvalue weighted by molar-refractivity contribution is -0.00134. The van der Waals surface area contributed by atoms with Gasteiger partial charge in [-0.25, -0.2) is 9.59 Å². The van der Waals surface area contributed by atoms with Crippen molar-refractivity contribution in [1.82, 2.24) is 0 Å². The van der Waals surface area contributed by atoms with Crippen molar-refractivity contribution in [2.45, 2.75) is 160 Å². The summed E-state index contributed by atoms with van der Waals surface area (Å²) in [5, 5.41) is 0. The minimum Gasteiger partial charge on any atom is -0.458 e. The van der Waals surface area contributed by atoms with Crippen LogP contribution in [-0.4, -0.2) is 18.5 Å². The highest BCUT2D eigenvalue weighted by molar-refractivity contribution is 5.90. The van der Waals surface area contributed by atoms with Crippen LogP contribution in [0.3, 0.4) is 0 Å². The standard InChI is InChI=1S/C48H66O4/c1-3-5-7-9-12-16-37-20-24-39(25-21-37)41-28-32-44(33-29-41)47(49)51-36-46(43-18-14-11-15-19-43)52-48(50)45-34-30-42(31-35-45)40-26-22-38(23-27-40)17-13-10-8-6-4-2/h11,14-15,18-19,28-35,37-40,46H,3-10,12-13,16-17,20-27,36H2,1-2H3/t37?,38?,39?,40?,46-/m0/s1. The largest absolute Gasteiger partial charge is 0.458 e. The number of unbranched alkanes of at least 4 members (excludes halogenated alkanes) is 8. The molecule has 0 radical (unpaired) electrons. The normalized spacial score (nSPS) is 21.0. The van der Waals surface area contributed by atoms with E-state index in [1.54, 1.807) is 0 Å². The van der Waals surface area contributed by atoms with Gasteiger partial charge in [-0.05, 0) is 116 Å². The van der Waals surface area contributed by atoms with Crippen LogP contribution in [0.5, 0.6) is 0 Å². The third-order valence-corrected chi connectivity index (χ3v) is 12.1. The Morgan fingerprint density at radius 3 is 1.44 bits per heavy atom. The summed E-state index contributed by atoms with van der Waals surface area (Å²) < 4.78 is 11.8. The summed E-state index contributed by atoms with van der Waals surface area (Å²) >= 11 is 0. The summed E-state index contributed by atoms with van der Waals surface area (Å²) in [7, 11) is 0. The molecule has 0 aromatic heterocycles. The fourth-order valence-electron chi connectivity index (χ4n) is 8.72. The Balaban J connectivity index is 1.08. The van der Waals surface area contributed by atoms with Crippen molar-refractivity contribution < 1.29 is 19.1 Å². The smallest absolute Gasteiger partial charge is 0.338 e. The third-order valence-electron chi connectivity index (χ3n) is 12.1. The number of esters is 2. The highest BCUT2D eigenvalue weighted by atomic mass is 16.6. The zero-order valence-electron chi connectivity index (χ0n) is 32.4. The van der Waals surface area contributed by atoms with E-state index < -0.39 is 18.0 Å². The molecular formula is C48H66O4. The van der Waals surface area contributed by atoms with Gasteiger partial charge in [0.25, 0.3) is 0 Å². The van der Waals surface area contributed by atoms with Gasteiger partial charge in [0.05, 0.1) is 11.1 Å². The van der Waals surface area contributed by atoms with Gasteiger partial charge in [-0.3, -0.25) is 0 Å². The van der Waals surface area contributed by atoms with Gasteiger partial charge in [-0.15, -0.1) is 0 Å². The van der Waals surface area contributed by atoms with Crippen molar-refractivity contribution in [2.75, 3.05) is 6.61 Å². The highest BCUT2D eigenvalue weighted by Gasteiger charge is 2.25. The molecule has 0 spiro atoms. The zero-order valence-corrected chi connectivity index (χ0v) is 32.4.